The summed E-state index contributed by atoms with van der Waals surface area (Å²) in [5, 5.41) is 11.1. The zero-order valence-electron chi connectivity index (χ0n) is 12.3. The number of anilines is 1. The first-order valence-electron chi connectivity index (χ1n) is 6.34. The van der Waals surface area contributed by atoms with Crippen molar-refractivity contribution >= 4 is 11.9 Å². The molecule has 0 aliphatic rings. The van der Waals surface area contributed by atoms with Gasteiger partial charge in [-0.1, -0.05) is 18.9 Å². The zero-order valence-corrected chi connectivity index (χ0v) is 12.3. The Hall–Kier alpha value is -1.63. The maximum Gasteiger partial charge on any atom is 0.318 e. The number of rotatable bonds is 7. The summed E-state index contributed by atoms with van der Waals surface area (Å²) in [6.07, 6.45) is 0. The number of aromatic nitrogens is 2. The van der Waals surface area contributed by atoms with Gasteiger partial charge < -0.3 is 19.5 Å². The highest BCUT2D eigenvalue weighted by Gasteiger charge is 2.14. The first-order chi connectivity index (χ1) is 8.90. The molecule has 1 N–H and O–H groups in total. The van der Waals surface area contributed by atoms with Crippen molar-refractivity contribution < 1.29 is 9.21 Å². The van der Waals surface area contributed by atoms with Crippen LogP contribution in [-0.2, 0) is 11.3 Å². The van der Waals surface area contributed by atoms with Crippen LogP contribution in [0.4, 0.5) is 6.01 Å². The number of hydrogen-bond donors (Lipinski definition) is 1. The van der Waals surface area contributed by atoms with Crippen LogP contribution in [0.2, 0.25) is 0 Å². The van der Waals surface area contributed by atoms with Gasteiger partial charge in [-0.2, -0.15) is 0 Å². The van der Waals surface area contributed by atoms with E-state index in [0.717, 1.165) is 6.54 Å². The molecule has 108 valence electrons. The molecular weight excluding hydrogens is 246 g/mol. The summed E-state index contributed by atoms with van der Waals surface area (Å²) in [6, 6.07) is 0.358. The first kappa shape index (κ1) is 15.4. The Bertz CT molecular complexity index is 403. The highest BCUT2D eigenvalue weighted by Crippen LogP contribution is 2.10. The summed E-state index contributed by atoms with van der Waals surface area (Å²) in [6.45, 7) is 5.92. The van der Waals surface area contributed by atoms with Crippen LogP contribution >= 0.6 is 0 Å². The zero-order chi connectivity index (χ0) is 14.4. The molecule has 1 aromatic heterocycles. The number of nitrogens with zero attached hydrogens (tertiary/aromatic N) is 4. The largest absolute Gasteiger partial charge is 0.407 e. The molecule has 0 aromatic carbocycles. The smallest absolute Gasteiger partial charge is 0.318 e. The van der Waals surface area contributed by atoms with E-state index in [1.807, 2.05) is 0 Å². The Balaban J connectivity index is 2.47. The Morgan fingerprint density at radius 3 is 2.58 bits per heavy atom. The molecule has 7 nitrogen and oxygen atoms in total. The molecule has 1 aromatic rings. The molecule has 0 radical (unpaired) electrons. The maximum atomic E-state index is 11.6. The second-order valence-corrected chi connectivity index (χ2v) is 5.15. The molecule has 0 atom stereocenters. The lowest BCUT2D eigenvalue weighted by molar-refractivity contribution is -0.127. The molecule has 0 spiro atoms. The van der Waals surface area contributed by atoms with Crippen molar-refractivity contribution in [3.05, 3.63) is 5.89 Å². The number of hydrogen-bond acceptors (Lipinski definition) is 6. The molecule has 1 heterocycles. The van der Waals surface area contributed by atoms with Gasteiger partial charge in [-0.05, 0) is 12.5 Å². The third-order valence-electron chi connectivity index (χ3n) is 2.48. The minimum Gasteiger partial charge on any atom is -0.407 e. The van der Waals surface area contributed by atoms with Crippen LogP contribution in [0.1, 0.15) is 19.7 Å². The van der Waals surface area contributed by atoms with Crippen molar-refractivity contribution in [3.8, 4) is 0 Å². The summed E-state index contributed by atoms with van der Waals surface area (Å²) < 4.78 is 5.48. The Labute approximate surface area is 114 Å². The number of nitrogens with one attached hydrogen (secondary N) is 1. The Morgan fingerprint density at radius 2 is 2.00 bits per heavy atom. The van der Waals surface area contributed by atoms with Crippen LogP contribution in [0, 0.1) is 5.92 Å². The van der Waals surface area contributed by atoms with Gasteiger partial charge in [0, 0.05) is 21.1 Å². The lowest BCUT2D eigenvalue weighted by atomic mass is 10.2. The lowest BCUT2D eigenvalue weighted by Gasteiger charge is -2.16. The minimum absolute atomic E-state index is 0.0137. The van der Waals surface area contributed by atoms with E-state index < -0.39 is 0 Å². The lowest BCUT2D eigenvalue weighted by Crippen LogP contribution is -2.34. The third-order valence-corrected chi connectivity index (χ3v) is 2.48. The highest BCUT2D eigenvalue weighted by molar-refractivity contribution is 5.80. The van der Waals surface area contributed by atoms with E-state index in [-0.39, 0.29) is 12.5 Å². The molecule has 0 fully saturated rings. The number of carbonyl (C=O) groups is 1. The van der Waals surface area contributed by atoms with Gasteiger partial charge in [0.25, 0.3) is 0 Å². The fourth-order valence-electron chi connectivity index (χ4n) is 1.35. The van der Waals surface area contributed by atoms with Gasteiger partial charge in [-0.25, -0.2) is 0 Å². The second kappa shape index (κ2) is 7.08. The summed E-state index contributed by atoms with van der Waals surface area (Å²) in [7, 11) is 5.18. The van der Waals surface area contributed by atoms with E-state index in [2.05, 4.69) is 29.4 Å². The van der Waals surface area contributed by atoms with E-state index in [4.69, 9.17) is 4.42 Å². The first-order valence-corrected chi connectivity index (χ1v) is 6.34. The van der Waals surface area contributed by atoms with Crippen molar-refractivity contribution in [1.82, 2.24) is 20.4 Å². The molecule has 1 rings (SSSR count). The molecule has 0 bridgehead atoms. The summed E-state index contributed by atoms with van der Waals surface area (Å²) in [4.78, 5) is 14.7. The summed E-state index contributed by atoms with van der Waals surface area (Å²) in [5.41, 5.74) is 0. The van der Waals surface area contributed by atoms with Crippen LogP contribution in [0.25, 0.3) is 0 Å². The molecular formula is C12H23N5O2. The van der Waals surface area contributed by atoms with E-state index >= 15 is 0 Å². The van der Waals surface area contributed by atoms with Gasteiger partial charge in [-0.3, -0.25) is 4.79 Å². The molecule has 0 saturated carbocycles. The van der Waals surface area contributed by atoms with E-state index in [0.29, 0.717) is 24.4 Å². The molecule has 0 saturated heterocycles. The predicted molar refractivity (Wildman–Crippen MR) is 72.8 cm³/mol. The quantitative estimate of drug-likeness (QED) is 0.769. The number of likely N-dealkylation sites (N-methyl/N-ethyl adjacent to an activating group) is 2. The van der Waals surface area contributed by atoms with Crippen LogP contribution in [0.3, 0.4) is 0 Å². The molecule has 19 heavy (non-hydrogen) atoms. The monoisotopic (exact) mass is 269 g/mol. The minimum atomic E-state index is -0.0137. The molecule has 0 aliphatic heterocycles. The molecule has 0 unspecified atom stereocenters. The second-order valence-electron chi connectivity index (χ2n) is 5.15. The maximum absolute atomic E-state index is 11.6. The van der Waals surface area contributed by atoms with Crippen LogP contribution in [0.15, 0.2) is 4.42 Å². The normalized spacial score (nSPS) is 10.8. The number of carbonyl (C=O) groups excluding carboxylic acids is 1. The molecule has 7 heteroatoms. The number of amides is 1. The third kappa shape index (κ3) is 5.25. The van der Waals surface area contributed by atoms with Gasteiger partial charge in [0.05, 0.1) is 6.54 Å². The SMILES string of the molecule is CC(C)CNCc1nnc(N(C)CC(=O)N(C)C)o1. The van der Waals surface area contributed by atoms with Gasteiger partial charge in [0.15, 0.2) is 0 Å². The van der Waals surface area contributed by atoms with E-state index in [9.17, 15) is 4.79 Å². The van der Waals surface area contributed by atoms with Gasteiger partial charge in [-0.15, -0.1) is 5.10 Å². The average Bonchev–Trinajstić information content (AvgIpc) is 2.77. The summed E-state index contributed by atoms with van der Waals surface area (Å²) >= 11 is 0. The van der Waals surface area contributed by atoms with Gasteiger partial charge in [0.2, 0.25) is 11.8 Å². The van der Waals surface area contributed by atoms with Crippen LogP contribution in [-0.4, -0.2) is 55.2 Å². The summed E-state index contributed by atoms with van der Waals surface area (Å²) in [5.74, 6) is 1.09. The van der Waals surface area contributed by atoms with Crippen molar-refractivity contribution in [3.63, 3.8) is 0 Å². The molecule has 0 aliphatic carbocycles. The fourth-order valence-corrected chi connectivity index (χ4v) is 1.35. The average molecular weight is 269 g/mol. The van der Waals surface area contributed by atoms with Gasteiger partial charge >= 0.3 is 6.01 Å². The molecule has 1 amide bonds. The van der Waals surface area contributed by atoms with Crippen molar-refractivity contribution in [1.29, 1.82) is 0 Å². The highest BCUT2D eigenvalue weighted by atomic mass is 16.4. The Kier molecular flexibility index (Phi) is 5.75. The predicted octanol–water partition coefficient (Wildman–Crippen LogP) is 0.340. The van der Waals surface area contributed by atoms with E-state index in [1.54, 1.807) is 26.0 Å². The van der Waals surface area contributed by atoms with Crippen molar-refractivity contribution in [2.45, 2.75) is 20.4 Å². The van der Waals surface area contributed by atoms with Crippen LogP contribution < -0.4 is 10.2 Å². The van der Waals surface area contributed by atoms with Crippen molar-refractivity contribution in [2.75, 3.05) is 39.1 Å². The standard InChI is InChI=1S/C12H23N5O2/c1-9(2)6-13-7-10-14-15-12(19-10)17(5)8-11(18)16(3)4/h9,13H,6-8H2,1-5H3. The van der Waals surface area contributed by atoms with Crippen LogP contribution in [0.5, 0.6) is 0 Å². The fraction of sp³-hybridized carbons (Fsp3) is 0.750. The van der Waals surface area contributed by atoms with E-state index in [1.165, 1.54) is 4.90 Å². The van der Waals surface area contributed by atoms with Gasteiger partial charge in [0.1, 0.15) is 6.54 Å². The topological polar surface area (TPSA) is 74.5 Å². The Morgan fingerprint density at radius 1 is 1.32 bits per heavy atom. The van der Waals surface area contributed by atoms with Crippen molar-refractivity contribution in [2.24, 2.45) is 5.92 Å².